The fraction of sp³-hybridized carbons (Fsp3) is 0.458. The average Bonchev–Trinajstić information content (AvgIpc) is 3.06. The van der Waals surface area contributed by atoms with E-state index in [1.807, 2.05) is 0 Å². The topological polar surface area (TPSA) is 74.3 Å². The molecule has 1 saturated carbocycles. The van der Waals surface area contributed by atoms with Crippen LogP contribution in [-0.2, 0) is 0 Å². The fourth-order valence-corrected chi connectivity index (χ4v) is 4.57. The second-order valence-corrected chi connectivity index (χ2v) is 8.38. The van der Waals surface area contributed by atoms with Gasteiger partial charge in [-0.25, -0.2) is 0 Å². The molecule has 30 heavy (non-hydrogen) atoms. The predicted molar refractivity (Wildman–Crippen MR) is 118 cm³/mol. The first-order chi connectivity index (χ1) is 14.7. The van der Waals surface area contributed by atoms with Crippen molar-refractivity contribution in [2.24, 2.45) is 0 Å². The molecule has 1 unspecified atom stereocenters. The molecule has 6 nitrogen and oxygen atoms in total. The van der Waals surface area contributed by atoms with Gasteiger partial charge in [0.05, 0.1) is 5.56 Å². The van der Waals surface area contributed by atoms with E-state index in [2.05, 4.69) is 20.5 Å². The molecule has 2 heterocycles. The first-order valence-electron chi connectivity index (χ1n) is 11.1. The maximum atomic E-state index is 12.8. The van der Waals surface area contributed by atoms with E-state index in [0.717, 1.165) is 19.5 Å². The van der Waals surface area contributed by atoms with Gasteiger partial charge < -0.3 is 10.6 Å². The van der Waals surface area contributed by atoms with Crippen LogP contribution in [0.3, 0.4) is 0 Å². The van der Waals surface area contributed by atoms with Gasteiger partial charge in [-0.05, 0) is 49.6 Å². The monoisotopic (exact) mass is 406 g/mol. The Morgan fingerprint density at radius 2 is 1.73 bits per heavy atom. The minimum Gasteiger partial charge on any atom is -0.348 e. The van der Waals surface area contributed by atoms with Crippen LogP contribution < -0.4 is 10.6 Å². The molecule has 2 fully saturated rings. The lowest BCUT2D eigenvalue weighted by molar-refractivity contribution is 0.0934. The maximum Gasteiger partial charge on any atom is 0.257 e. The van der Waals surface area contributed by atoms with Crippen LogP contribution in [0.25, 0.3) is 0 Å². The van der Waals surface area contributed by atoms with Crippen LogP contribution in [0, 0.1) is 0 Å². The predicted octanol–water partition coefficient (Wildman–Crippen LogP) is 3.86. The summed E-state index contributed by atoms with van der Waals surface area (Å²) in [6.45, 7) is 2.00. The maximum absolute atomic E-state index is 12.8. The third kappa shape index (κ3) is 5.25. The zero-order valence-corrected chi connectivity index (χ0v) is 17.3. The summed E-state index contributed by atoms with van der Waals surface area (Å²) in [5.41, 5.74) is 1.65. The molecule has 0 radical (unpaired) electrons. The molecule has 2 amide bonds. The second kappa shape index (κ2) is 9.85. The summed E-state index contributed by atoms with van der Waals surface area (Å²) in [7, 11) is 0. The molecule has 0 bridgehead atoms. The zero-order chi connectivity index (χ0) is 20.8. The Morgan fingerprint density at radius 1 is 0.933 bits per heavy atom. The fourth-order valence-electron chi connectivity index (χ4n) is 4.57. The van der Waals surface area contributed by atoms with Gasteiger partial charge in [-0.3, -0.25) is 19.5 Å². The van der Waals surface area contributed by atoms with Crippen LogP contribution >= 0.6 is 0 Å². The second-order valence-electron chi connectivity index (χ2n) is 8.38. The van der Waals surface area contributed by atoms with Gasteiger partial charge in [0.2, 0.25) is 0 Å². The minimum atomic E-state index is -0.240. The van der Waals surface area contributed by atoms with E-state index in [4.69, 9.17) is 0 Å². The normalized spacial score (nSPS) is 20.5. The Bertz CT molecular complexity index is 863. The van der Waals surface area contributed by atoms with Gasteiger partial charge in [0, 0.05) is 48.8 Å². The zero-order valence-electron chi connectivity index (χ0n) is 17.3. The Balaban J connectivity index is 1.33. The third-order valence-corrected chi connectivity index (χ3v) is 6.20. The highest BCUT2D eigenvalue weighted by Gasteiger charge is 2.29. The SMILES string of the molecule is O=C(Nc1cccc(C(=O)NC2CCN(C3CCCCCC3)C2)c1)c1cccnc1. The Hall–Kier alpha value is -2.73. The van der Waals surface area contributed by atoms with Crippen molar-refractivity contribution in [1.29, 1.82) is 0 Å². The van der Waals surface area contributed by atoms with Crippen LogP contribution in [0.2, 0.25) is 0 Å². The van der Waals surface area contributed by atoms with Crippen LogP contribution in [0.15, 0.2) is 48.8 Å². The molecule has 2 aliphatic rings. The number of pyridine rings is 1. The lowest BCUT2D eigenvalue weighted by Gasteiger charge is -2.26. The highest BCUT2D eigenvalue weighted by molar-refractivity contribution is 6.04. The van der Waals surface area contributed by atoms with E-state index in [-0.39, 0.29) is 17.9 Å². The molecule has 2 N–H and O–H groups in total. The average molecular weight is 407 g/mol. The number of aromatic nitrogens is 1. The Labute approximate surface area is 178 Å². The summed E-state index contributed by atoms with van der Waals surface area (Å²) in [6.07, 6.45) is 12.1. The van der Waals surface area contributed by atoms with Gasteiger partial charge >= 0.3 is 0 Å². The first kappa shape index (κ1) is 20.5. The highest BCUT2D eigenvalue weighted by atomic mass is 16.2. The van der Waals surface area contributed by atoms with Gasteiger partial charge in [-0.2, -0.15) is 0 Å². The van der Waals surface area contributed by atoms with Gasteiger partial charge in [-0.1, -0.05) is 31.7 Å². The molecule has 158 valence electrons. The quantitative estimate of drug-likeness (QED) is 0.740. The summed E-state index contributed by atoms with van der Waals surface area (Å²) in [6, 6.07) is 11.4. The van der Waals surface area contributed by atoms with Crippen molar-refractivity contribution in [3.8, 4) is 0 Å². The number of rotatable bonds is 5. The summed E-state index contributed by atoms with van der Waals surface area (Å²) >= 11 is 0. The number of likely N-dealkylation sites (tertiary alicyclic amines) is 1. The van der Waals surface area contributed by atoms with E-state index < -0.39 is 0 Å². The van der Waals surface area contributed by atoms with Crippen molar-refractivity contribution in [2.45, 2.75) is 57.0 Å². The van der Waals surface area contributed by atoms with Gasteiger partial charge in [0.1, 0.15) is 0 Å². The molecular formula is C24H30N4O2. The molecule has 1 aromatic carbocycles. The summed E-state index contributed by atoms with van der Waals surface area (Å²) in [4.78, 5) is 31.7. The van der Waals surface area contributed by atoms with Crippen molar-refractivity contribution in [3.05, 3.63) is 59.9 Å². The Kier molecular flexibility index (Phi) is 6.74. The van der Waals surface area contributed by atoms with Crippen molar-refractivity contribution >= 4 is 17.5 Å². The van der Waals surface area contributed by atoms with Crippen molar-refractivity contribution < 1.29 is 9.59 Å². The number of benzene rings is 1. The molecule has 1 aliphatic heterocycles. The van der Waals surface area contributed by atoms with E-state index in [0.29, 0.717) is 22.9 Å². The van der Waals surface area contributed by atoms with E-state index >= 15 is 0 Å². The Morgan fingerprint density at radius 3 is 2.50 bits per heavy atom. The van der Waals surface area contributed by atoms with Crippen molar-refractivity contribution in [3.63, 3.8) is 0 Å². The van der Waals surface area contributed by atoms with Crippen molar-refractivity contribution in [1.82, 2.24) is 15.2 Å². The van der Waals surface area contributed by atoms with Crippen molar-refractivity contribution in [2.75, 3.05) is 18.4 Å². The first-order valence-corrected chi connectivity index (χ1v) is 11.1. The lowest BCUT2D eigenvalue weighted by atomic mass is 10.1. The summed E-state index contributed by atoms with van der Waals surface area (Å²) in [5, 5.41) is 6.02. The van der Waals surface area contributed by atoms with Crippen LogP contribution in [0.4, 0.5) is 5.69 Å². The van der Waals surface area contributed by atoms with Crippen LogP contribution in [-0.4, -0.2) is 46.9 Å². The largest absolute Gasteiger partial charge is 0.348 e. The number of carbonyl (C=O) groups is 2. The van der Waals surface area contributed by atoms with E-state index in [9.17, 15) is 9.59 Å². The number of amides is 2. The molecule has 0 spiro atoms. The summed E-state index contributed by atoms with van der Waals surface area (Å²) in [5.74, 6) is -0.323. The molecule has 1 aromatic heterocycles. The van der Waals surface area contributed by atoms with Crippen LogP contribution in [0.5, 0.6) is 0 Å². The minimum absolute atomic E-state index is 0.0832. The molecule has 2 aromatic rings. The molecule has 4 rings (SSSR count). The number of hydrogen-bond acceptors (Lipinski definition) is 4. The van der Waals surface area contributed by atoms with Crippen LogP contribution in [0.1, 0.15) is 65.7 Å². The molecular weight excluding hydrogens is 376 g/mol. The summed E-state index contributed by atoms with van der Waals surface area (Å²) < 4.78 is 0. The smallest absolute Gasteiger partial charge is 0.257 e. The number of carbonyl (C=O) groups excluding carboxylic acids is 2. The van der Waals surface area contributed by atoms with E-state index in [1.54, 1.807) is 42.6 Å². The number of anilines is 1. The molecule has 1 atom stereocenters. The highest BCUT2D eigenvalue weighted by Crippen LogP contribution is 2.25. The number of nitrogens with zero attached hydrogens (tertiary/aromatic N) is 2. The number of nitrogens with one attached hydrogen (secondary N) is 2. The van der Waals surface area contributed by atoms with Gasteiger partial charge in [0.25, 0.3) is 11.8 Å². The standard InChI is InChI=1S/C24H30N4O2/c29-23(27-21-12-14-28(17-21)22-10-3-1-2-4-11-22)18-7-5-9-20(15-18)26-24(30)19-8-6-13-25-16-19/h5-9,13,15-16,21-22H,1-4,10-12,14,17H2,(H,26,30)(H,27,29). The molecule has 1 aliphatic carbocycles. The van der Waals surface area contributed by atoms with Gasteiger partial charge in [0.15, 0.2) is 0 Å². The van der Waals surface area contributed by atoms with Gasteiger partial charge in [-0.15, -0.1) is 0 Å². The lowest BCUT2D eigenvalue weighted by Crippen LogP contribution is -2.39. The number of hydrogen-bond donors (Lipinski definition) is 2. The van der Waals surface area contributed by atoms with E-state index in [1.165, 1.54) is 44.7 Å². The third-order valence-electron chi connectivity index (χ3n) is 6.20. The molecule has 1 saturated heterocycles. The molecule has 6 heteroatoms.